The van der Waals surface area contributed by atoms with Crippen LogP contribution in [-0.4, -0.2) is 5.78 Å². The van der Waals surface area contributed by atoms with Crippen molar-refractivity contribution in [1.82, 2.24) is 0 Å². The van der Waals surface area contributed by atoms with Gasteiger partial charge in [0.25, 0.3) is 0 Å². The molecule has 1 aliphatic rings. The Morgan fingerprint density at radius 3 is 1.41 bits per heavy atom. The molecular weight excluding hydrogens is 929 g/mol. The highest BCUT2D eigenvalue weighted by molar-refractivity contribution is 6.02. The Labute approximate surface area is 444 Å². The van der Waals surface area contributed by atoms with Crippen LogP contribution in [0.1, 0.15) is 144 Å². The lowest BCUT2D eigenvalue weighted by Crippen LogP contribution is -2.22. The van der Waals surface area contributed by atoms with Crippen molar-refractivity contribution in [2.75, 3.05) is 0 Å². The maximum absolute atomic E-state index is 15.3. The molecule has 0 aromatic heterocycles. The SMILES string of the molecule is CCCCCCCCCCCC(=O)c1c(OCc2ccccc2)cc(OCc2ccccc2)c([C@@H]2C[C@@H](c3ccc(OCc4ccccc4)cc3)Oc3cc(OCc4ccccc4)ccc32)c1OCc1ccccc1. The van der Waals surface area contributed by atoms with Crippen LogP contribution in [0.15, 0.2) is 200 Å². The van der Waals surface area contributed by atoms with E-state index in [-0.39, 0.29) is 31.5 Å². The standard InChI is InChI=1S/C68H70O7/c1-2-3-4-5-6-7-8-9-25-36-61(69)67-65(73-49-54-32-21-13-22-33-54)45-64(72-48-53-30-19-12-20-31-53)66(68(67)74-50-55-34-23-14-24-35-55)60-44-62(56-37-39-57(40-38-56)70-46-51-26-15-10-16-27-51)75-63-43-58(41-42-59(60)63)71-47-52-28-17-11-18-29-52/h10-24,26-35,37-43,45,60,62H,2-9,25,36,44,46-50H2,1H3/t60-,62+/m1/s1. The quantitative estimate of drug-likeness (QED) is 0.0357. The summed E-state index contributed by atoms with van der Waals surface area (Å²) in [5.41, 5.74) is 8.27. The van der Waals surface area contributed by atoms with Gasteiger partial charge in [-0.15, -0.1) is 0 Å². The summed E-state index contributed by atoms with van der Waals surface area (Å²) in [7, 11) is 0. The molecular formula is C68H70O7. The fourth-order valence-electron chi connectivity index (χ4n) is 9.80. The topological polar surface area (TPSA) is 72.5 Å². The van der Waals surface area contributed by atoms with Crippen molar-refractivity contribution in [3.8, 4) is 34.5 Å². The van der Waals surface area contributed by atoms with Gasteiger partial charge < -0.3 is 28.4 Å². The van der Waals surface area contributed by atoms with Crippen LogP contribution in [0.3, 0.4) is 0 Å². The van der Waals surface area contributed by atoms with Gasteiger partial charge in [0.15, 0.2) is 5.78 Å². The van der Waals surface area contributed by atoms with E-state index in [1.54, 1.807) is 0 Å². The smallest absolute Gasteiger partial charge is 0.170 e. The Balaban J connectivity index is 1.15. The monoisotopic (exact) mass is 999 g/mol. The van der Waals surface area contributed by atoms with Crippen LogP contribution >= 0.6 is 0 Å². The second-order valence-electron chi connectivity index (χ2n) is 19.5. The van der Waals surface area contributed by atoms with Gasteiger partial charge in [-0.2, -0.15) is 0 Å². The lowest BCUT2D eigenvalue weighted by molar-refractivity contribution is 0.0968. The van der Waals surface area contributed by atoms with Gasteiger partial charge in [0.1, 0.15) is 79.2 Å². The number of benzene rings is 8. The summed E-state index contributed by atoms with van der Waals surface area (Å²) in [5, 5.41) is 0. The van der Waals surface area contributed by atoms with Gasteiger partial charge >= 0.3 is 0 Å². The summed E-state index contributed by atoms with van der Waals surface area (Å²) >= 11 is 0. The van der Waals surface area contributed by atoms with E-state index in [1.807, 2.05) is 133 Å². The van der Waals surface area contributed by atoms with Crippen LogP contribution in [0.25, 0.3) is 0 Å². The number of ketones is 1. The average Bonchev–Trinajstić information content (AvgIpc) is 3.47. The molecule has 8 aromatic rings. The number of Topliss-reactive ketones (excluding diaryl/α,β-unsaturated/α-hetero) is 1. The van der Waals surface area contributed by atoms with Crippen molar-refractivity contribution in [1.29, 1.82) is 0 Å². The Kier molecular flexibility index (Phi) is 19.1. The molecule has 0 fully saturated rings. The van der Waals surface area contributed by atoms with Crippen LogP contribution < -0.4 is 28.4 Å². The molecule has 0 spiro atoms. The maximum atomic E-state index is 15.3. The molecule has 0 N–H and O–H groups in total. The minimum atomic E-state index is -0.408. The summed E-state index contributed by atoms with van der Waals surface area (Å²) in [6.45, 7) is 3.89. The second kappa shape index (κ2) is 27.5. The Bertz CT molecular complexity index is 2960. The lowest BCUT2D eigenvalue weighted by atomic mass is 9.80. The molecule has 1 heterocycles. The summed E-state index contributed by atoms with van der Waals surface area (Å²) in [5.74, 6) is 3.24. The zero-order valence-electron chi connectivity index (χ0n) is 43.4. The van der Waals surface area contributed by atoms with Gasteiger partial charge in [0.05, 0.1) is 0 Å². The zero-order valence-corrected chi connectivity index (χ0v) is 43.4. The first kappa shape index (κ1) is 52.1. The Morgan fingerprint density at radius 2 is 0.893 bits per heavy atom. The molecule has 9 rings (SSSR count). The van der Waals surface area contributed by atoms with Crippen LogP contribution in [-0.2, 0) is 33.0 Å². The highest BCUT2D eigenvalue weighted by Crippen LogP contribution is 2.54. The summed E-state index contributed by atoms with van der Waals surface area (Å²) in [6, 6.07) is 67.0. The third kappa shape index (κ3) is 14.9. The fraction of sp³-hybridized carbons (Fsp3) is 0.279. The Morgan fingerprint density at radius 1 is 0.453 bits per heavy atom. The molecule has 0 unspecified atom stereocenters. The number of carbonyl (C=O) groups excluding carboxylic acids is 1. The molecule has 0 aliphatic carbocycles. The largest absolute Gasteiger partial charge is 0.489 e. The van der Waals surface area contributed by atoms with E-state index >= 15 is 4.79 Å². The first-order valence-corrected chi connectivity index (χ1v) is 27.1. The first-order valence-electron chi connectivity index (χ1n) is 27.1. The van der Waals surface area contributed by atoms with Crippen molar-refractivity contribution in [3.05, 3.63) is 250 Å². The fourth-order valence-corrected chi connectivity index (χ4v) is 9.80. The highest BCUT2D eigenvalue weighted by Gasteiger charge is 2.38. The van der Waals surface area contributed by atoms with Crippen molar-refractivity contribution in [3.63, 3.8) is 0 Å². The van der Waals surface area contributed by atoms with E-state index in [9.17, 15) is 0 Å². The van der Waals surface area contributed by atoms with Gasteiger partial charge in [0, 0.05) is 35.6 Å². The molecule has 8 aromatic carbocycles. The number of unbranched alkanes of at least 4 members (excludes halogenated alkanes) is 8. The molecule has 0 saturated carbocycles. The summed E-state index contributed by atoms with van der Waals surface area (Å²) in [6.07, 6.45) is 10.8. The molecule has 7 nitrogen and oxygen atoms in total. The lowest BCUT2D eigenvalue weighted by Gasteiger charge is -2.35. The van der Waals surface area contributed by atoms with E-state index in [0.717, 1.165) is 69.5 Å². The van der Waals surface area contributed by atoms with E-state index in [4.69, 9.17) is 28.4 Å². The Hall–Kier alpha value is -7.77. The number of hydrogen-bond donors (Lipinski definition) is 0. The average molecular weight is 999 g/mol. The van der Waals surface area contributed by atoms with Gasteiger partial charge in [-0.3, -0.25) is 4.79 Å². The van der Waals surface area contributed by atoms with E-state index < -0.39 is 6.10 Å². The summed E-state index contributed by atoms with van der Waals surface area (Å²) in [4.78, 5) is 15.3. The third-order valence-corrected chi connectivity index (χ3v) is 13.9. The molecule has 2 atom stereocenters. The number of ether oxygens (including phenoxy) is 6. The van der Waals surface area contributed by atoms with Gasteiger partial charge in [-0.25, -0.2) is 0 Å². The van der Waals surface area contributed by atoms with Crippen molar-refractivity contribution < 1.29 is 33.2 Å². The van der Waals surface area contributed by atoms with E-state index in [1.165, 1.54) is 38.5 Å². The molecule has 1 aliphatic heterocycles. The van der Waals surface area contributed by atoms with Crippen LogP contribution in [0.5, 0.6) is 34.5 Å². The van der Waals surface area contributed by atoms with Crippen molar-refractivity contribution in [2.24, 2.45) is 0 Å². The molecule has 0 bridgehead atoms. The summed E-state index contributed by atoms with van der Waals surface area (Å²) < 4.78 is 40.8. The van der Waals surface area contributed by atoms with Crippen LogP contribution in [0.4, 0.5) is 0 Å². The molecule has 75 heavy (non-hydrogen) atoms. The van der Waals surface area contributed by atoms with E-state index in [0.29, 0.717) is 60.4 Å². The third-order valence-electron chi connectivity index (χ3n) is 13.9. The number of rotatable bonds is 28. The highest BCUT2D eigenvalue weighted by atomic mass is 16.5. The van der Waals surface area contributed by atoms with Crippen LogP contribution in [0, 0.1) is 0 Å². The number of hydrogen-bond acceptors (Lipinski definition) is 7. The number of carbonyl (C=O) groups is 1. The molecule has 384 valence electrons. The zero-order chi connectivity index (χ0) is 51.3. The predicted molar refractivity (Wildman–Crippen MR) is 299 cm³/mol. The van der Waals surface area contributed by atoms with Gasteiger partial charge in [-0.1, -0.05) is 228 Å². The minimum Gasteiger partial charge on any atom is -0.489 e. The maximum Gasteiger partial charge on any atom is 0.170 e. The van der Waals surface area contributed by atoms with Crippen molar-refractivity contribution in [2.45, 2.75) is 123 Å². The van der Waals surface area contributed by atoms with Crippen molar-refractivity contribution >= 4 is 5.78 Å². The predicted octanol–water partition coefficient (Wildman–Crippen LogP) is 17.3. The molecule has 0 saturated heterocycles. The normalized spacial score (nSPS) is 13.8. The molecule has 0 radical (unpaired) electrons. The number of fused-ring (bicyclic) bond motifs is 1. The van der Waals surface area contributed by atoms with Gasteiger partial charge in [0.2, 0.25) is 0 Å². The van der Waals surface area contributed by atoms with Crippen LogP contribution in [0.2, 0.25) is 0 Å². The molecule has 0 amide bonds. The second-order valence-corrected chi connectivity index (χ2v) is 19.5. The van der Waals surface area contributed by atoms with Gasteiger partial charge in [-0.05, 0) is 64.4 Å². The minimum absolute atomic E-state index is 0.0143. The molecule has 7 heteroatoms. The first-order chi connectivity index (χ1) is 37.1. The van der Waals surface area contributed by atoms with E-state index in [2.05, 4.69) is 73.7 Å².